The topological polar surface area (TPSA) is 56.3 Å². The highest BCUT2D eigenvalue weighted by molar-refractivity contribution is 6.05. The van der Waals surface area contributed by atoms with E-state index in [-0.39, 0.29) is 12.4 Å². The number of ketones is 1. The predicted octanol–water partition coefficient (Wildman–Crippen LogP) is 5.63. The number of benzene rings is 2. The Balaban J connectivity index is 1.42. The maximum Gasteiger partial charge on any atom is 0.339 e. The van der Waals surface area contributed by atoms with Crippen LogP contribution in [-0.2, 0) is 4.74 Å². The minimum atomic E-state index is -0.501. The summed E-state index contributed by atoms with van der Waals surface area (Å²) >= 11 is 0. The Morgan fingerprint density at radius 3 is 2.48 bits per heavy atom. The smallest absolute Gasteiger partial charge is 0.339 e. The Hall–Kier alpha value is -3.01. The van der Waals surface area contributed by atoms with Crippen LogP contribution < -0.4 is 0 Å². The van der Waals surface area contributed by atoms with Crippen LogP contribution in [0.5, 0.6) is 0 Å². The Kier molecular flexibility index (Phi) is 5.70. The second kappa shape index (κ2) is 8.56. The molecule has 4 heteroatoms. The van der Waals surface area contributed by atoms with Gasteiger partial charge in [0.15, 0.2) is 12.4 Å². The number of pyridine rings is 1. The standard InChI is InChI=1S/C25H25NO3/c1-17-15-22(21-9-5-6-10-23(21)26-17)25(28)29-16-24(27)20-13-11-19(12-14-20)18-7-3-2-4-8-18/h5-6,9-15,18H,2-4,7-8,16H2,1H3. The summed E-state index contributed by atoms with van der Waals surface area (Å²) in [6, 6.07) is 16.9. The first-order valence-corrected chi connectivity index (χ1v) is 10.3. The molecule has 0 radical (unpaired) electrons. The molecule has 0 atom stereocenters. The predicted molar refractivity (Wildman–Crippen MR) is 113 cm³/mol. The number of esters is 1. The summed E-state index contributed by atoms with van der Waals surface area (Å²) in [5.41, 5.74) is 3.79. The molecule has 1 aliphatic rings. The van der Waals surface area contributed by atoms with Crippen molar-refractivity contribution >= 4 is 22.7 Å². The van der Waals surface area contributed by atoms with Crippen LogP contribution in [0.15, 0.2) is 54.6 Å². The third kappa shape index (κ3) is 4.37. The third-order valence-electron chi connectivity index (χ3n) is 5.71. The van der Waals surface area contributed by atoms with Crippen molar-refractivity contribution in [3.8, 4) is 0 Å². The molecule has 4 rings (SSSR count). The maximum absolute atomic E-state index is 12.6. The van der Waals surface area contributed by atoms with Crippen molar-refractivity contribution < 1.29 is 14.3 Å². The molecule has 1 saturated carbocycles. The first-order chi connectivity index (χ1) is 14.1. The van der Waals surface area contributed by atoms with Gasteiger partial charge in [-0.25, -0.2) is 4.79 Å². The van der Waals surface area contributed by atoms with Crippen molar-refractivity contribution in [2.24, 2.45) is 0 Å². The summed E-state index contributed by atoms with van der Waals surface area (Å²) in [6.07, 6.45) is 6.34. The molecule has 29 heavy (non-hydrogen) atoms. The second-order valence-electron chi connectivity index (χ2n) is 7.78. The van der Waals surface area contributed by atoms with Gasteiger partial charge < -0.3 is 4.74 Å². The van der Waals surface area contributed by atoms with Crippen LogP contribution in [0.4, 0.5) is 0 Å². The summed E-state index contributed by atoms with van der Waals surface area (Å²) in [5.74, 6) is -0.0866. The van der Waals surface area contributed by atoms with Crippen molar-refractivity contribution in [2.75, 3.05) is 6.61 Å². The van der Waals surface area contributed by atoms with Gasteiger partial charge in [0.1, 0.15) is 0 Å². The number of aromatic nitrogens is 1. The number of carbonyl (C=O) groups excluding carboxylic acids is 2. The van der Waals surface area contributed by atoms with E-state index in [1.165, 1.54) is 37.7 Å². The van der Waals surface area contributed by atoms with E-state index in [0.29, 0.717) is 17.0 Å². The molecule has 0 amide bonds. The minimum Gasteiger partial charge on any atom is -0.454 e. The lowest BCUT2D eigenvalue weighted by molar-refractivity contribution is 0.0476. The van der Waals surface area contributed by atoms with Gasteiger partial charge in [0.2, 0.25) is 0 Å². The van der Waals surface area contributed by atoms with Crippen molar-refractivity contribution in [2.45, 2.75) is 44.9 Å². The summed E-state index contributed by atoms with van der Waals surface area (Å²) in [7, 11) is 0. The Morgan fingerprint density at radius 1 is 1.00 bits per heavy atom. The van der Waals surface area contributed by atoms with Gasteiger partial charge in [-0.2, -0.15) is 0 Å². The van der Waals surface area contributed by atoms with Crippen LogP contribution in [0.2, 0.25) is 0 Å². The van der Waals surface area contributed by atoms with E-state index in [2.05, 4.69) is 4.98 Å². The van der Waals surface area contributed by atoms with Gasteiger partial charge in [-0.3, -0.25) is 9.78 Å². The molecule has 1 fully saturated rings. The maximum atomic E-state index is 12.6. The third-order valence-corrected chi connectivity index (χ3v) is 5.71. The molecule has 2 aromatic carbocycles. The van der Waals surface area contributed by atoms with E-state index in [1.807, 2.05) is 55.5 Å². The van der Waals surface area contributed by atoms with E-state index >= 15 is 0 Å². The number of hydrogen-bond donors (Lipinski definition) is 0. The second-order valence-corrected chi connectivity index (χ2v) is 7.78. The van der Waals surface area contributed by atoms with Crippen molar-refractivity contribution in [3.05, 3.63) is 77.0 Å². The van der Waals surface area contributed by atoms with E-state index in [0.717, 1.165) is 16.6 Å². The number of ether oxygens (including phenoxy) is 1. The molecule has 0 N–H and O–H groups in total. The molecule has 0 unspecified atom stereocenters. The molecular weight excluding hydrogens is 362 g/mol. The Labute approximate surface area is 170 Å². The first kappa shape index (κ1) is 19.3. The first-order valence-electron chi connectivity index (χ1n) is 10.3. The van der Waals surface area contributed by atoms with Crippen LogP contribution >= 0.6 is 0 Å². The molecule has 4 nitrogen and oxygen atoms in total. The lowest BCUT2D eigenvalue weighted by atomic mass is 9.84. The number of fused-ring (bicyclic) bond motifs is 1. The average Bonchev–Trinajstić information content (AvgIpc) is 2.77. The minimum absolute atomic E-state index is 0.191. The van der Waals surface area contributed by atoms with Crippen molar-refractivity contribution in [3.63, 3.8) is 0 Å². The highest BCUT2D eigenvalue weighted by atomic mass is 16.5. The zero-order valence-electron chi connectivity index (χ0n) is 16.7. The van der Waals surface area contributed by atoms with Gasteiger partial charge in [0, 0.05) is 16.6 Å². The molecule has 0 aliphatic heterocycles. The van der Waals surface area contributed by atoms with Crippen molar-refractivity contribution in [1.82, 2.24) is 4.98 Å². The molecule has 0 spiro atoms. The largest absolute Gasteiger partial charge is 0.454 e. The number of Topliss-reactive ketones (excluding diaryl/α,β-unsaturated/α-hetero) is 1. The molecule has 1 aromatic heterocycles. The van der Waals surface area contributed by atoms with Gasteiger partial charge in [-0.1, -0.05) is 61.7 Å². The lowest BCUT2D eigenvalue weighted by Gasteiger charge is -2.22. The molecule has 3 aromatic rings. The highest BCUT2D eigenvalue weighted by Crippen LogP contribution is 2.32. The van der Waals surface area contributed by atoms with Gasteiger partial charge >= 0.3 is 5.97 Å². The summed E-state index contributed by atoms with van der Waals surface area (Å²) < 4.78 is 5.34. The highest BCUT2D eigenvalue weighted by Gasteiger charge is 2.18. The van der Waals surface area contributed by atoms with Crippen LogP contribution in [0.1, 0.15) is 70.0 Å². The summed E-state index contributed by atoms with van der Waals surface area (Å²) in [4.78, 5) is 29.5. The van der Waals surface area contributed by atoms with Gasteiger partial charge in [-0.15, -0.1) is 0 Å². The molecule has 0 bridgehead atoms. The monoisotopic (exact) mass is 387 g/mol. The Morgan fingerprint density at radius 2 is 1.72 bits per heavy atom. The van der Waals surface area contributed by atoms with E-state index < -0.39 is 5.97 Å². The van der Waals surface area contributed by atoms with E-state index in [9.17, 15) is 9.59 Å². The Bertz CT molecular complexity index is 1030. The van der Waals surface area contributed by atoms with Crippen LogP contribution in [-0.4, -0.2) is 23.3 Å². The fourth-order valence-electron chi connectivity index (χ4n) is 4.15. The summed E-state index contributed by atoms with van der Waals surface area (Å²) in [6.45, 7) is 1.57. The number of aryl methyl sites for hydroxylation is 1. The zero-order chi connectivity index (χ0) is 20.2. The quantitative estimate of drug-likeness (QED) is 0.420. The van der Waals surface area contributed by atoms with Gasteiger partial charge in [-0.05, 0) is 43.4 Å². The van der Waals surface area contributed by atoms with Crippen LogP contribution in [0, 0.1) is 6.92 Å². The van der Waals surface area contributed by atoms with E-state index in [4.69, 9.17) is 4.74 Å². The average molecular weight is 387 g/mol. The molecule has 148 valence electrons. The number of nitrogens with zero attached hydrogens (tertiary/aromatic N) is 1. The molecule has 1 heterocycles. The SMILES string of the molecule is Cc1cc(C(=O)OCC(=O)c2ccc(C3CCCCC3)cc2)c2ccccc2n1. The molecular formula is C25H25NO3. The number of rotatable bonds is 5. The molecule has 1 aliphatic carbocycles. The van der Waals surface area contributed by atoms with Gasteiger partial charge in [0.05, 0.1) is 11.1 Å². The fraction of sp³-hybridized carbons (Fsp3) is 0.320. The van der Waals surface area contributed by atoms with Gasteiger partial charge in [0.25, 0.3) is 0 Å². The van der Waals surface area contributed by atoms with Crippen LogP contribution in [0.25, 0.3) is 10.9 Å². The van der Waals surface area contributed by atoms with E-state index in [1.54, 1.807) is 6.07 Å². The van der Waals surface area contributed by atoms with Crippen molar-refractivity contribution in [1.29, 1.82) is 0 Å². The lowest BCUT2D eigenvalue weighted by Crippen LogP contribution is -2.15. The number of carbonyl (C=O) groups is 2. The molecule has 0 saturated heterocycles. The normalized spacial score (nSPS) is 14.7. The summed E-state index contributed by atoms with van der Waals surface area (Å²) in [5, 5.41) is 0.729. The zero-order valence-corrected chi connectivity index (χ0v) is 16.7. The van der Waals surface area contributed by atoms with Crippen LogP contribution in [0.3, 0.4) is 0 Å². The fourth-order valence-corrected chi connectivity index (χ4v) is 4.15. The number of para-hydroxylation sites is 1. The number of hydrogen-bond acceptors (Lipinski definition) is 4.